The first-order chi connectivity index (χ1) is 24.0. The molecule has 5 aromatic rings. The van der Waals surface area contributed by atoms with Gasteiger partial charge < -0.3 is 0 Å². The molecule has 50 heavy (non-hydrogen) atoms. The summed E-state index contributed by atoms with van der Waals surface area (Å²) in [6.07, 6.45) is 6.74. The van der Waals surface area contributed by atoms with Crippen LogP contribution in [-0.2, 0) is 6.42 Å². The molecule has 5 rings (SSSR count). The number of anilines is 3. The molecular formula is C39H40Cl4N2O4S. The van der Waals surface area contributed by atoms with Gasteiger partial charge in [-0.25, -0.2) is 0 Å². The largest absolute Gasteiger partial charge is 0.294 e. The van der Waals surface area contributed by atoms with E-state index in [0.29, 0.717) is 16.0 Å². The fraction of sp³-hybridized carbons (Fsp3) is 0.231. The maximum atomic E-state index is 8.60. The highest BCUT2D eigenvalue weighted by Gasteiger charge is 2.19. The average Bonchev–Trinajstić information content (AvgIpc) is 3.09. The summed E-state index contributed by atoms with van der Waals surface area (Å²) in [4.78, 5) is 2.41. The molecule has 264 valence electrons. The number of rotatable bonds is 15. The van der Waals surface area contributed by atoms with Crippen LogP contribution < -0.4 is 24.4 Å². The van der Waals surface area contributed by atoms with Crippen LogP contribution in [0.5, 0.6) is 0 Å². The van der Waals surface area contributed by atoms with Crippen molar-refractivity contribution < 1.29 is 28.9 Å². The Labute approximate surface area is 316 Å². The summed E-state index contributed by atoms with van der Waals surface area (Å²) in [6.45, 7) is 2.26. The van der Waals surface area contributed by atoms with Crippen molar-refractivity contribution in [3.63, 3.8) is 0 Å². The molecule has 2 atom stereocenters. The third-order valence-corrected chi connectivity index (χ3v) is 9.84. The predicted octanol–water partition coefficient (Wildman–Crippen LogP) is 9.09. The van der Waals surface area contributed by atoms with Crippen LogP contribution in [0.3, 0.4) is 0 Å². The van der Waals surface area contributed by atoms with Crippen LogP contribution in [0.1, 0.15) is 56.1 Å². The normalized spacial score (nSPS) is 12.4. The second kappa shape index (κ2) is 20.2. The van der Waals surface area contributed by atoms with E-state index < -0.39 is 10.2 Å². The van der Waals surface area contributed by atoms with Crippen molar-refractivity contribution >= 4 is 63.6 Å². The molecule has 2 unspecified atom stereocenters. The van der Waals surface area contributed by atoms with Crippen LogP contribution in [0.15, 0.2) is 137 Å². The van der Waals surface area contributed by atoms with Gasteiger partial charge in [0.15, 0.2) is 0 Å². The van der Waals surface area contributed by atoms with E-state index in [9.17, 15) is 0 Å². The molecule has 2 N–H and O–H groups in total. The minimum atomic E-state index is -4.69. The minimum absolute atomic E-state index is 0.0628. The molecule has 11 heteroatoms. The molecule has 0 heterocycles. The van der Waals surface area contributed by atoms with Gasteiger partial charge in [0.2, 0.25) is 0 Å². The number of hydrazine groups is 1. The number of halogens is 4. The van der Waals surface area contributed by atoms with Gasteiger partial charge in [0.05, 0.1) is 32.0 Å². The molecule has 0 fully saturated rings. The number of nitrogens with zero attached hydrogens (tertiary/aromatic N) is 1. The van der Waals surface area contributed by atoms with Gasteiger partial charge in [-0.3, -0.25) is 10.4 Å². The van der Waals surface area contributed by atoms with E-state index in [-0.39, 0.29) is 5.38 Å². The molecule has 6 nitrogen and oxygen atoms in total. The number of unbranched alkanes of at least 4 members (excludes halogenated alkanes) is 2. The lowest BCUT2D eigenvalue weighted by Crippen LogP contribution is -2.58. The van der Waals surface area contributed by atoms with Gasteiger partial charge >= 0.3 is 0 Å². The second-order valence-corrected chi connectivity index (χ2v) is 15.1. The summed E-state index contributed by atoms with van der Waals surface area (Å²) in [5.74, 6) is 0.484. The van der Waals surface area contributed by atoms with Crippen LogP contribution in [0.25, 0.3) is 0 Å². The first kappa shape index (κ1) is 39.8. The monoisotopic (exact) mass is 772 g/mol. The molecule has 0 radical (unpaired) electrons. The zero-order chi connectivity index (χ0) is 35.9. The van der Waals surface area contributed by atoms with Crippen molar-refractivity contribution in [1.82, 2.24) is 0 Å². The Bertz CT molecular complexity index is 1700. The number of nitrogens with one attached hydrogen (secondary N) is 1. The van der Waals surface area contributed by atoms with Gasteiger partial charge in [0.25, 0.3) is 0 Å². The van der Waals surface area contributed by atoms with E-state index >= 15 is 0 Å². The molecule has 0 spiro atoms. The van der Waals surface area contributed by atoms with Gasteiger partial charge in [-0.15, -0.1) is 11.6 Å². The summed E-state index contributed by atoms with van der Waals surface area (Å²) in [7, 11) is -4.69. The Balaban J connectivity index is 0.00000105. The van der Waals surface area contributed by atoms with Crippen molar-refractivity contribution in [3.8, 4) is 0 Å². The fourth-order valence-corrected chi connectivity index (χ4v) is 7.09. The zero-order valence-corrected chi connectivity index (χ0v) is 31.4. The third kappa shape index (κ3) is 14.0. The van der Waals surface area contributed by atoms with Gasteiger partial charge in [0.1, 0.15) is 0 Å². The quantitative estimate of drug-likeness (QED) is 0.0622. The lowest BCUT2D eigenvalue weighted by atomic mass is 9.88. The van der Waals surface area contributed by atoms with Gasteiger partial charge in [-0.2, -0.15) is 14.0 Å². The van der Waals surface area contributed by atoms with Crippen molar-refractivity contribution in [2.75, 3.05) is 10.4 Å². The lowest BCUT2D eigenvalue weighted by Gasteiger charge is -2.27. The Kier molecular flexibility index (Phi) is 16.1. The van der Waals surface area contributed by atoms with Crippen LogP contribution >= 0.6 is 46.6 Å². The third-order valence-electron chi connectivity index (χ3n) is 7.87. The van der Waals surface area contributed by atoms with E-state index in [2.05, 4.69) is 91.2 Å². The smallest absolute Gasteiger partial charge is 0.0777 e. The molecule has 0 aliphatic heterocycles. The molecular weight excluding hydrogens is 734 g/mol. The van der Waals surface area contributed by atoms with Crippen molar-refractivity contribution in [2.45, 2.75) is 66.5 Å². The maximum Gasteiger partial charge on any atom is 0.0777 e. The molecule has 0 saturated carbocycles. The van der Waals surface area contributed by atoms with Crippen molar-refractivity contribution in [1.29, 1.82) is 0 Å². The Morgan fingerprint density at radius 1 is 0.740 bits per heavy atom. The number of alkyl halides is 1. The maximum absolute atomic E-state index is 8.60. The van der Waals surface area contributed by atoms with Crippen LogP contribution in [0.4, 0.5) is 17.1 Å². The average molecular weight is 775 g/mol. The van der Waals surface area contributed by atoms with E-state index in [1.54, 1.807) is 11.8 Å². The summed E-state index contributed by atoms with van der Waals surface area (Å²) >= 11 is 21.2. The highest BCUT2D eigenvalue weighted by molar-refractivity contribution is 7.99. The number of hydrogen-bond donors (Lipinski definition) is 2. The molecule has 5 aromatic carbocycles. The van der Waals surface area contributed by atoms with Gasteiger partial charge in [-0.1, -0.05) is 110 Å². The second-order valence-electron chi connectivity index (χ2n) is 11.7. The van der Waals surface area contributed by atoms with E-state index in [1.165, 1.54) is 46.6 Å². The summed E-state index contributed by atoms with van der Waals surface area (Å²) in [5, 5.41) is 3.50. The van der Waals surface area contributed by atoms with Crippen molar-refractivity contribution in [3.05, 3.63) is 149 Å². The highest BCUT2D eigenvalue weighted by Crippen LogP contribution is 2.36. The highest BCUT2D eigenvalue weighted by atomic mass is 35.7. The zero-order valence-electron chi connectivity index (χ0n) is 27.6. The van der Waals surface area contributed by atoms with Gasteiger partial charge in [-0.05, 0) is 115 Å². The Hall–Kier alpha value is -2.95. The number of hydrogen-bond acceptors (Lipinski definition) is 7. The topological polar surface area (TPSA) is 105 Å². The summed E-state index contributed by atoms with van der Waals surface area (Å²) < 4.78 is 32.7. The van der Waals surface area contributed by atoms with Crippen LogP contribution in [0.2, 0.25) is 10.0 Å². The standard InChI is InChI=1S/C39H39Cl3N2S.ClHO4/c1-2-3-5-12-30(29-10-6-4-7-11-29)27-34(42)28-31-13-8-9-14-39(31)45-38-25-23-37(24-26-38)44(36-21-17-33(41)18-22-36)43-35-19-15-32(40)16-20-35;2-1(3,4)5/h4,6-11,13-26,30,34,43H,2-3,5,12,27-28H2,1H3;(H,2,3,4,5). The molecule has 0 bridgehead atoms. The Morgan fingerprint density at radius 3 is 1.88 bits per heavy atom. The lowest BCUT2D eigenvalue weighted by molar-refractivity contribution is -1.92. The van der Waals surface area contributed by atoms with E-state index in [0.717, 1.165) is 29.9 Å². The number of benzene rings is 5. The SMILES string of the molecule is CCCCCC(CC(Cl)Cc1ccccc1Sc1ccc(N(Nc2ccc(Cl)cc2)c2ccc(Cl)cc2)cc1)c1ccccc1.[O-][Cl+3]([O-])([O-])O. The van der Waals surface area contributed by atoms with Gasteiger partial charge in [0, 0.05) is 25.2 Å². The first-order valence-electron chi connectivity index (χ1n) is 16.2. The Morgan fingerprint density at radius 2 is 1.28 bits per heavy atom. The van der Waals surface area contributed by atoms with E-state index in [1.807, 2.05) is 53.5 Å². The minimum Gasteiger partial charge on any atom is -0.294 e. The first-order valence-corrected chi connectivity index (χ1v) is 19.5. The fourth-order valence-electron chi connectivity index (χ4n) is 5.50. The molecule has 0 saturated heterocycles. The van der Waals surface area contributed by atoms with Crippen LogP contribution in [-0.4, -0.2) is 10.0 Å². The molecule has 0 aliphatic rings. The summed E-state index contributed by atoms with van der Waals surface area (Å²) in [5.41, 5.74) is 9.10. The van der Waals surface area contributed by atoms with Crippen LogP contribution in [0, 0.1) is 10.2 Å². The van der Waals surface area contributed by atoms with E-state index in [4.69, 9.17) is 53.4 Å². The summed E-state index contributed by atoms with van der Waals surface area (Å²) in [6, 6.07) is 43.6. The molecule has 0 aliphatic carbocycles. The van der Waals surface area contributed by atoms with Crippen molar-refractivity contribution in [2.24, 2.45) is 0 Å². The molecule has 0 amide bonds. The molecule has 0 aromatic heterocycles. The predicted molar refractivity (Wildman–Crippen MR) is 199 cm³/mol.